The molecule has 0 aliphatic rings. The van der Waals surface area contributed by atoms with Crippen molar-refractivity contribution in [1.82, 2.24) is 9.55 Å². The number of nitrogens with zero attached hydrogens (tertiary/aromatic N) is 5. The average Bonchev–Trinajstić information content (AvgIpc) is 2.67. The van der Waals surface area contributed by atoms with Crippen LogP contribution in [0.1, 0.15) is 16.7 Å². The number of benzene rings is 1. The fourth-order valence-corrected chi connectivity index (χ4v) is 2.48. The maximum absolute atomic E-state index is 12.8. The number of pyridine rings is 2. The SMILES string of the molecule is Cc1c(C#N)c(O)n(Cc2cccnc2)c(=O)c1N=Nc1ccccc1. The highest BCUT2D eigenvalue weighted by molar-refractivity contribution is 5.57. The van der Waals surface area contributed by atoms with Crippen molar-refractivity contribution in [3.8, 4) is 11.9 Å². The first-order chi connectivity index (χ1) is 12.6. The first kappa shape index (κ1) is 17.0. The van der Waals surface area contributed by atoms with Crippen molar-refractivity contribution in [2.45, 2.75) is 13.5 Å². The number of hydrogen-bond acceptors (Lipinski definition) is 6. The number of rotatable bonds is 4. The fourth-order valence-electron chi connectivity index (χ4n) is 2.48. The summed E-state index contributed by atoms with van der Waals surface area (Å²) in [7, 11) is 0. The smallest absolute Gasteiger partial charge is 0.281 e. The van der Waals surface area contributed by atoms with Gasteiger partial charge in [0.05, 0.1) is 12.2 Å². The van der Waals surface area contributed by atoms with Gasteiger partial charge in [0, 0.05) is 18.0 Å². The first-order valence-electron chi connectivity index (χ1n) is 7.84. The van der Waals surface area contributed by atoms with Gasteiger partial charge in [0.2, 0.25) is 5.88 Å². The maximum Gasteiger partial charge on any atom is 0.281 e. The van der Waals surface area contributed by atoms with E-state index in [2.05, 4.69) is 15.2 Å². The zero-order valence-corrected chi connectivity index (χ0v) is 14.0. The first-order valence-corrected chi connectivity index (χ1v) is 7.84. The Balaban J connectivity index is 2.13. The molecule has 0 radical (unpaired) electrons. The minimum absolute atomic E-state index is 0.00416. The van der Waals surface area contributed by atoms with E-state index in [1.165, 1.54) is 0 Å². The molecule has 0 bridgehead atoms. The molecule has 0 fully saturated rings. The third kappa shape index (κ3) is 3.35. The minimum atomic E-state index is -0.525. The van der Waals surface area contributed by atoms with E-state index >= 15 is 0 Å². The number of hydrogen-bond donors (Lipinski definition) is 1. The normalized spacial score (nSPS) is 10.8. The van der Waals surface area contributed by atoms with Crippen LogP contribution in [0, 0.1) is 18.3 Å². The third-order valence-corrected chi connectivity index (χ3v) is 3.85. The van der Waals surface area contributed by atoms with Crippen molar-refractivity contribution in [3.63, 3.8) is 0 Å². The molecule has 1 aromatic carbocycles. The summed E-state index contributed by atoms with van der Waals surface area (Å²) in [4.78, 5) is 16.8. The van der Waals surface area contributed by atoms with E-state index < -0.39 is 11.4 Å². The lowest BCUT2D eigenvalue weighted by atomic mass is 10.1. The van der Waals surface area contributed by atoms with Crippen LogP contribution in [0.5, 0.6) is 5.88 Å². The van der Waals surface area contributed by atoms with Crippen molar-refractivity contribution >= 4 is 11.4 Å². The lowest BCUT2D eigenvalue weighted by Gasteiger charge is -2.12. The van der Waals surface area contributed by atoms with Crippen molar-refractivity contribution in [2.24, 2.45) is 10.2 Å². The Bertz CT molecular complexity index is 1050. The zero-order chi connectivity index (χ0) is 18.5. The molecule has 0 aliphatic heterocycles. The average molecular weight is 345 g/mol. The van der Waals surface area contributed by atoms with Crippen LogP contribution >= 0.6 is 0 Å². The topological polar surface area (TPSA) is 104 Å². The molecule has 1 N–H and O–H groups in total. The van der Waals surface area contributed by atoms with Gasteiger partial charge in [-0.25, -0.2) is 0 Å². The molecule has 7 heteroatoms. The lowest BCUT2D eigenvalue weighted by molar-refractivity contribution is 0.412. The van der Waals surface area contributed by atoms with E-state index in [1.54, 1.807) is 55.7 Å². The largest absolute Gasteiger partial charge is 0.493 e. The summed E-state index contributed by atoms with van der Waals surface area (Å²) in [5.41, 5.74) is 1.07. The summed E-state index contributed by atoms with van der Waals surface area (Å²) in [5.74, 6) is -0.391. The second-order valence-corrected chi connectivity index (χ2v) is 5.57. The second-order valence-electron chi connectivity index (χ2n) is 5.57. The van der Waals surface area contributed by atoms with Crippen LogP contribution in [-0.4, -0.2) is 14.7 Å². The monoisotopic (exact) mass is 345 g/mol. The second kappa shape index (κ2) is 7.40. The van der Waals surface area contributed by atoms with E-state index in [9.17, 15) is 15.2 Å². The molecule has 0 saturated carbocycles. The predicted octanol–water partition coefficient (Wildman–Crippen LogP) is 3.59. The third-order valence-electron chi connectivity index (χ3n) is 3.85. The van der Waals surface area contributed by atoms with Gasteiger partial charge in [-0.15, -0.1) is 5.11 Å². The number of aromatic nitrogens is 2. The molecule has 2 heterocycles. The Hall–Kier alpha value is -3.79. The zero-order valence-electron chi connectivity index (χ0n) is 14.0. The predicted molar refractivity (Wildman–Crippen MR) is 95.8 cm³/mol. The molecule has 0 spiro atoms. The molecule has 0 atom stereocenters. The summed E-state index contributed by atoms with van der Waals surface area (Å²) in [6.45, 7) is 1.63. The molecule has 0 amide bonds. The van der Waals surface area contributed by atoms with Crippen molar-refractivity contribution in [1.29, 1.82) is 5.26 Å². The molecule has 0 unspecified atom stereocenters. The van der Waals surface area contributed by atoms with Crippen molar-refractivity contribution < 1.29 is 5.11 Å². The van der Waals surface area contributed by atoms with Crippen LogP contribution in [0.15, 0.2) is 69.9 Å². The van der Waals surface area contributed by atoms with E-state index in [1.807, 2.05) is 12.1 Å². The van der Waals surface area contributed by atoms with Crippen molar-refractivity contribution in [3.05, 3.63) is 81.9 Å². The van der Waals surface area contributed by atoms with Crippen LogP contribution in [-0.2, 0) is 6.54 Å². The lowest BCUT2D eigenvalue weighted by Crippen LogP contribution is -2.22. The molecule has 0 saturated heterocycles. The van der Waals surface area contributed by atoms with E-state index in [4.69, 9.17) is 0 Å². The van der Waals surface area contributed by atoms with Crippen LogP contribution < -0.4 is 5.56 Å². The van der Waals surface area contributed by atoms with Gasteiger partial charge >= 0.3 is 0 Å². The summed E-state index contributed by atoms with van der Waals surface area (Å²) >= 11 is 0. The van der Waals surface area contributed by atoms with E-state index in [0.29, 0.717) is 11.3 Å². The highest BCUT2D eigenvalue weighted by Crippen LogP contribution is 2.27. The maximum atomic E-state index is 12.8. The molecule has 3 aromatic rings. The Morgan fingerprint density at radius 3 is 2.62 bits per heavy atom. The van der Waals surface area contributed by atoms with Gasteiger partial charge in [0.15, 0.2) is 5.69 Å². The Morgan fingerprint density at radius 1 is 1.19 bits per heavy atom. The van der Waals surface area contributed by atoms with E-state index in [0.717, 1.165) is 4.57 Å². The molecule has 0 aliphatic carbocycles. The molecule has 26 heavy (non-hydrogen) atoms. The van der Waals surface area contributed by atoms with Gasteiger partial charge in [0.1, 0.15) is 11.6 Å². The molecule has 2 aromatic heterocycles. The van der Waals surface area contributed by atoms with Gasteiger partial charge in [-0.05, 0) is 30.7 Å². The number of azo groups is 1. The van der Waals surface area contributed by atoms with Crippen LogP contribution in [0.25, 0.3) is 0 Å². The highest BCUT2D eigenvalue weighted by Gasteiger charge is 2.19. The summed E-state index contributed by atoms with van der Waals surface area (Å²) in [6.07, 6.45) is 3.20. The molecule has 128 valence electrons. The van der Waals surface area contributed by atoms with E-state index in [-0.39, 0.29) is 23.4 Å². The van der Waals surface area contributed by atoms with Crippen molar-refractivity contribution in [2.75, 3.05) is 0 Å². The number of aromatic hydroxyl groups is 1. The Kier molecular flexibility index (Phi) is 4.85. The summed E-state index contributed by atoms with van der Waals surface area (Å²) < 4.78 is 1.10. The van der Waals surface area contributed by atoms with Gasteiger partial charge in [0.25, 0.3) is 5.56 Å². The Morgan fingerprint density at radius 2 is 1.96 bits per heavy atom. The van der Waals surface area contributed by atoms with Crippen LogP contribution in [0.4, 0.5) is 11.4 Å². The fraction of sp³-hybridized carbons (Fsp3) is 0.105. The van der Waals surface area contributed by atoms with Gasteiger partial charge in [-0.2, -0.15) is 10.4 Å². The van der Waals surface area contributed by atoms with Gasteiger partial charge in [-0.3, -0.25) is 14.3 Å². The van der Waals surface area contributed by atoms with Crippen LogP contribution in [0.2, 0.25) is 0 Å². The highest BCUT2D eigenvalue weighted by atomic mass is 16.3. The molecule has 3 rings (SSSR count). The molecular weight excluding hydrogens is 330 g/mol. The standard InChI is InChI=1S/C19H15N5O2/c1-13-16(10-20)18(25)24(12-14-6-5-9-21-11-14)19(26)17(13)23-22-15-7-3-2-4-8-15/h2-9,11,25H,12H2,1H3. The van der Waals surface area contributed by atoms with Crippen LogP contribution in [0.3, 0.4) is 0 Å². The minimum Gasteiger partial charge on any atom is -0.493 e. The quantitative estimate of drug-likeness (QED) is 0.730. The summed E-state index contributed by atoms with van der Waals surface area (Å²) in [5, 5.41) is 27.9. The Labute approximate surface area is 149 Å². The summed E-state index contributed by atoms with van der Waals surface area (Å²) in [6, 6.07) is 14.4. The molecular formula is C19H15N5O2. The molecule has 7 nitrogen and oxygen atoms in total. The van der Waals surface area contributed by atoms with Gasteiger partial charge in [-0.1, -0.05) is 24.3 Å². The number of nitriles is 1. The van der Waals surface area contributed by atoms with Gasteiger partial charge < -0.3 is 5.11 Å².